The van der Waals surface area contributed by atoms with E-state index in [0.29, 0.717) is 17.1 Å². The summed E-state index contributed by atoms with van der Waals surface area (Å²) in [5, 5.41) is 3.27. The number of ether oxygens (including phenoxy) is 1. The van der Waals surface area contributed by atoms with Crippen molar-refractivity contribution in [3.8, 4) is 5.88 Å². The van der Waals surface area contributed by atoms with Gasteiger partial charge < -0.3 is 10.1 Å². The third kappa shape index (κ3) is 3.08. The first-order valence-corrected chi connectivity index (χ1v) is 6.45. The van der Waals surface area contributed by atoms with E-state index in [2.05, 4.69) is 20.3 Å². The second-order valence-corrected chi connectivity index (χ2v) is 4.24. The van der Waals surface area contributed by atoms with E-state index in [1.54, 1.807) is 24.7 Å². The number of nitrogens with one attached hydrogen (secondary N) is 1. The molecule has 2 aromatic heterocycles. The van der Waals surface area contributed by atoms with Gasteiger partial charge in [-0.15, -0.1) is 0 Å². The Morgan fingerprint density at radius 2 is 2.10 bits per heavy atom. The number of aromatic nitrogens is 3. The Balaban J connectivity index is 2.44. The van der Waals surface area contributed by atoms with Crippen molar-refractivity contribution < 1.29 is 9.13 Å². The van der Waals surface area contributed by atoms with Crippen molar-refractivity contribution in [3.63, 3.8) is 0 Å². The van der Waals surface area contributed by atoms with Gasteiger partial charge in [-0.3, -0.25) is 9.97 Å². The van der Waals surface area contributed by atoms with Crippen LogP contribution in [0.4, 0.5) is 4.39 Å². The van der Waals surface area contributed by atoms with Gasteiger partial charge in [0, 0.05) is 24.2 Å². The molecule has 0 amide bonds. The maximum Gasteiger partial charge on any atom is 0.237 e. The lowest BCUT2D eigenvalue weighted by Crippen LogP contribution is -2.25. The van der Waals surface area contributed by atoms with Gasteiger partial charge in [0.2, 0.25) is 5.88 Å². The van der Waals surface area contributed by atoms with Gasteiger partial charge in [-0.05, 0) is 19.0 Å². The molecule has 0 saturated carbocycles. The third-order valence-electron chi connectivity index (χ3n) is 2.87. The molecular weight excluding hydrogens is 259 g/mol. The predicted octanol–water partition coefficient (Wildman–Crippen LogP) is 2.11. The van der Waals surface area contributed by atoms with Crippen LogP contribution in [-0.4, -0.2) is 28.6 Å². The van der Waals surface area contributed by atoms with E-state index in [1.165, 1.54) is 13.3 Å². The highest BCUT2D eigenvalue weighted by Gasteiger charge is 2.22. The zero-order valence-corrected chi connectivity index (χ0v) is 11.5. The number of methoxy groups -OCH3 is 1. The fourth-order valence-electron chi connectivity index (χ4n) is 1.95. The van der Waals surface area contributed by atoms with Crippen LogP contribution in [0.3, 0.4) is 0 Å². The van der Waals surface area contributed by atoms with Crippen LogP contribution >= 0.6 is 0 Å². The zero-order chi connectivity index (χ0) is 14.4. The van der Waals surface area contributed by atoms with Gasteiger partial charge in [0.05, 0.1) is 19.3 Å². The van der Waals surface area contributed by atoms with E-state index in [0.717, 1.165) is 13.0 Å². The highest BCUT2D eigenvalue weighted by atomic mass is 19.1. The molecule has 0 radical (unpaired) electrons. The van der Waals surface area contributed by atoms with E-state index in [1.807, 2.05) is 6.92 Å². The Kier molecular flexibility index (Phi) is 4.95. The molecule has 1 N–H and O–H groups in total. The Bertz CT molecular complexity index is 564. The molecule has 0 aliphatic heterocycles. The summed E-state index contributed by atoms with van der Waals surface area (Å²) in [5.41, 5.74) is 1.04. The maximum atomic E-state index is 14.0. The Labute approximate surface area is 117 Å². The van der Waals surface area contributed by atoms with E-state index < -0.39 is 6.04 Å². The van der Waals surface area contributed by atoms with Gasteiger partial charge in [-0.25, -0.2) is 9.37 Å². The Morgan fingerprint density at radius 3 is 2.80 bits per heavy atom. The molecule has 2 heterocycles. The molecule has 2 aromatic rings. The molecular formula is C14H17FN4O. The van der Waals surface area contributed by atoms with Crippen molar-refractivity contribution in [1.29, 1.82) is 0 Å². The van der Waals surface area contributed by atoms with E-state index in [9.17, 15) is 4.39 Å². The molecule has 0 aliphatic rings. The standard InChI is InChI=1S/C14H17FN4O/c1-3-5-17-12(10-4-6-16-9-11(10)15)13-14(20-2)19-8-7-18-13/h4,6-9,12,17H,3,5H2,1-2H3. The van der Waals surface area contributed by atoms with Crippen molar-refractivity contribution in [2.75, 3.05) is 13.7 Å². The van der Waals surface area contributed by atoms with Crippen LogP contribution in [-0.2, 0) is 0 Å². The molecule has 20 heavy (non-hydrogen) atoms. The van der Waals surface area contributed by atoms with Crippen molar-refractivity contribution >= 4 is 0 Å². The van der Waals surface area contributed by atoms with E-state index in [-0.39, 0.29) is 5.82 Å². The van der Waals surface area contributed by atoms with E-state index >= 15 is 0 Å². The van der Waals surface area contributed by atoms with Crippen LogP contribution in [0.25, 0.3) is 0 Å². The molecule has 0 aliphatic carbocycles. The minimum Gasteiger partial charge on any atom is -0.480 e. The Morgan fingerprint density at radius 1 is 1.30 bits per heavy atom. The number of hydrogen-bond donors (Lipinski definition) is 1. The monoisotopic (exact) mass is 276 g/mol. The average Bonchev–Trinajstić information content (AvgIpc) is 2.49. The molecule has 106 valence electrons. The summed E-state index contributed by atoms with van der Waals surface area (Å²) in [6.07, 6.45) is 6.78. The number of rotatable bonds is 6. The van der Waals surface area contributed by atoms with Gasteiger partial charge in [0.1, 0.15) is 11.5 Å². The SMILES string of the molecule is CCCNC(c1ccncc1F)c1nccnc1OC. The largest absolute Gasteiger partial charge is 0.480 e. The summed E-state index contributed by atoms with van der Waals surface area (Å²) >= 11 is 0. The maximum absolute atomic E-state index is 14.0. The van der Waals surface area contributed by atoms with Gasteiger partial charge in [-0.2, -0.15) is 0 Å². The molecule has 0 bridgehead atoms. The molecule has 1 atom stereocenters. The van der Waals surface area contributed by atoms with Crippen molar-refractivity contribution in [2.24, 2.45) is 0 Å². The third-order valence-corrected chi connectivity index (χ3v) is 2.87. The molecule has 1 unspecified atom stereocenters. The molecule has 0 aromatic carbocycles. The molecule has 0 saturated heterocycles. The van der Waals surface area contributed by atoms with Crippen molar-refractivity contribution in [1.82, 2.24) is 20.3 Å². The highest BCUT2D eigenvalue weighted by Crippen LogP contribution is 2.27. The Hall–Kier alpha value is -2.08. The molecule has 0 fully saturated rings. The summed E-state index contributed by atoms with van der Waals surface area (Å²) in [4.78, 5) is 12.2. The molecule has 6 heteroatoms. The lowest BCUT2D eigenvalue weighted by atomic mass is 10.0. The summed E-state index contributed by atoms with van der Waals surface area (Å²) < 4.78 is 19.2. The van der Waals surface area contributed by atoms with Crippen LogP contribution in [0, 0.1) is 5.82 Å². The average molecular weight is 276 g/mol. The quantitative estimate of drug-likeness (QED) is 0.875. The number of nitrogens with zero attached hydrogens (tertiary/aromatic N) is 3. The van der Waals surface area contributed by atoms with Crippen LogP contribution < -0.4 is 10.1 Å². The molecule has 5 nitrogen and oxygen atoms in total. The second kappa shape index (κ2) is 6.91. The second-order valence-electron chi connectivity index (χ2n) is 4.24. The number of halogens is 1. The zero-order valence-electron chi connectivity index (χ0n) is 11.5. The van der Waals surface area contributed by atoms with Gasteiger partial charge >= 0.3 is 0 Å². The van der Waals surface area contributed by atoms with Crippen LogP contribution in [0.5, 0.6) is 5.88 Å². The first kappa shape index (κ1) is 14.3. The number of pyridine rings is 1. The number of hydrogen-bond acceptors (Lipinski definition) is 5. The van der Waals surface area contributed by atoms with E-state index in [4.69, 9.17) is 4.74 Å². The first-order chi connectivity index (χ1) is 9.77. The fraction of sp³-hybridized carbons (Fsp3) is 0.357. The molecule has 0 spiro atoms. The lowest BCUT2D eigenvalue weighted by Gasteiger charge is -2.20. The smallest absolute Gasteiger partial charge is 0.237 e. The minimum absolute atomic E-state index is 0.381. The summed E-state index contributed by atoms with van der Waals surface area (Å²) in [7, 11) is 1.52. The highest BCUT2D eigenvalue weighted by molar-refractivity contribution is 5.32. The van der Waals surface area contributed by atoms with Crippen LogP contribution in [0.1, 0.15) is 30.6 Å². The normalized spacial score (nSPS) is 12.2. The minimum atomic E-state index is -0.415. The molecule has 2 rings (SSSR count). The van der Waals surface area contributed by atoms with Gasteiger partial charge in [0.25, 0.3) is 0 Å². The lowest BCUT2D eigenvalue weighted by molar-refractivity contribution is 0.381. The summed E-state index contributed by atoms with van der Waals surface area (Å²) in [5.74, 6) is 0.00567. The van der Waals surface area contributed by atoms with Gasteiger partial charge in [-0.1, -0.05) is 6.92 Å². The first-order valence-electron chi connectivity index (χ1n) is 6.45. The summed E-state index contributed by atoms with van der Waals surface area (Å²) in [6.45, 7) is 2.77. The van der Waals surface area contributed by atoms with Gasteiger partial charge in [0.15, 0.2) is 0 Å². The summed E-state index contributed by atoms with van der Waals surface area (Å²) in [6, 6.07) is 1.22. The fourth-order valence-corrected chi connectivity index (χ4v) is 1.95. The van der Waals surface area contributed by atoms with Crippen LogP contribution in [0.15, 0.2) is 30.9 Å². The van der Waals surface area contributed by atoms with Crippen molar-refractivity contribution in [2.45, 2.75) is 19.4 Å². The predicted molar refractivity (Wildman–Crippen MR) is 72.9 cm³/mol. The van der Waals surface area contributed by atoms with Crippen molar-refractivity contribution in [3.05, 3.63) is 47.9 Å². The topological polar surface area (TPSA) is 59.9 Å². The van der Waals surface area contributed by atoms with Crippen LogP contribution in [0.2, 0.25) is 0 Å².